The number of amides is 2. The van der Waals surface area contributed by atoms with Gasteiger partial charge < -0.3 is 20.5 Å². The van der Waals surface area contributed by atoms with Crippen molar-refractivity contribution in [1.29, 1.82) is 0 Å². The van der Waals surface area contributed by atoms with Crippen LogP contribution in [0, 0.1) is 23.7 Å². The second-order valence-electron chi connectivity index (χ2n) is 11.4. The summed E-state index contributed by atoms with van der Waals surface area (Å²) in [5.41, 5.74) is 2.12. The Labute approximate surface area is 210 Å². The van der Waals surface area contributed by atoms with Crippen LogP contribution in [0.4, 0.5) is 0 Å². The topological polar surface area (TPSA) is 77.2 Å². The molecule has 1 saturated heterocycles. The van der Waals surface area contributed by atoms with E-state index in [9.17, 15) is 9.59 Å². The van der Waals surface area contributed by atoms with E-state index in [2.05, 4.69) is 47.4 Å². The van der Waals surface area contributed by atoms with Gasteiger partial charge in [-0.15, -0.1) is 0 Å². The summed E-state index contributed by atoms with van der Waals surface area (Å²) in [5, 5.41) is 7.37. The highest BCUT2D eigenvalue weighted by molar-refractivity contribution is 5.90. The molecule has 2 aromatic rings. The third-order valence-electron chi connectivity index (χ3n) is 8.01. The first kappa shape index (κ1) is 25.7. The van der Waals surface area contributed by atoms with Gasteiger partial charge in [0, 0.05) is 49.1 Å². The smallest absolute Gasteiger partial charge is 0.242 e. The number of H-pyrrole nitrogens is 1. The van der Waals surface area contributed by atoms with Crippen LogP contribution in [-0.2, 0) is 16.0 Å². The molecule has 6 heteroatoms. The van der Waals surface area contributed by atoms with Crippen LogP contribution in [0.2, 0.25) is 0 Å². The minimum absolute atomic E-state index is 0.0209. The molecule has 2 amide bonds. The summed E-state index contributed by atoms with van der Waals surface area (Å²) in [7, 11) is 0. The van der Waals surface area contributed by atoms with Crippen LogP contribution in [-0.4, -0.2) is 53.9 Å². The average Bonchev–Trinajstić information content (AvgIpc) is 3.24. The Hall–Kier alpha value is -2.34. The lowest BCUT2D eigenvalue weighted by Crippen LogP contribution is -2.50. The fourth-order valence-corrected chi connectivity index (χ4v) is 6.15. The van der Waals surface area contributed by atoms with Gasteiger partial charge in [-0.25, -0.2) is 0 Å². The predicted octanol–water partition coefficient (Wildman–Crippen LogP) is 4.51. The molecule has 1 aromatic heterocycles. The van der Waals surface area contributed by atoms with Crippen molar-refractivity contribution in [2.75, 3.05) is 26.2 Å². The number of hydrogen-bond donors (Lipinski definition) is 3. The van der Waals surface area contributed by atoms with Gasteiger partial charge in [-0.05, 0) is 74.5 Å². The van der Waals surface area contributed by atoms with Gasteiger partial charge in [0.2, 0.25) is 11.8 Å². The number of fused-ring (bicyclic) bond motifs is 1. The Kier molecular flexibility index (Phi) is 8.88. The van der Waals surface area contributed by atoms with E-state index < -0.39 is 6.04 Å². The Morgan fingerprint density at radius 2 is 1.74 bits per heavy atom. The fourth-order valence-electron chi connectivity index (χ4n) is 6.15. The first-order chi connectivity index (χ1) is 16.9. The van der Waals surface area contributed by atoms with Crippen LogP contribution in [0.25, 0.3) is 10.9 Å². The summed E-state index contributed by atoms with van der Waals surface area (Å²) < 4.78 is 0. The molecule has 3 atom stereocenters. The molecule has 192 valence electrons. The van der Waals surface area contributed by atoms with E-state index in [0.29, 0.717) is 18.9 Å². The number of nitrogens with zero attached hydrogens (tertiary/aromatic N) is 1. The normalized spacial score (nSPS) is 26.4. The zero-order valence-electron chi connectivity index (χ0n) is 21.8. The molecule has 1 saturated carbocycles. The summed E-state index contributed by atoms with van der Waals surface area (Å²) in [6.07, 6.45) is 8.71. The molecular weight excluding hydrogens is 436 g/mol. The number of para-hydroxylation sites is 1. The Morgan fingerprint density at radius 1 is 1.03 bits per heavy atom. The highest BCUT2D eigenvalue weighted by Crippen LogP contribution is 2.28. The van der Waals surface area contributed by atoms with E-state index >= 15 is 0 Å². The molecule has 3 N–H and O–H groups in total. The molecule has 0 bridgehead atoms. The third kappa shape index (κ3) is 7.09. The number of carbonyl (C=O) groups excluding carboxylic acids is 2. The predicted molar refractivity (Wildman–Crippen MR) is 142 cm³/mol. The second-order valence-corrected chi connectivity index (χ2v) is 11.4. The van der Waals surface area contributed by atoms with Gasteiger partial charge in [-0.3, -0.25) is 9.59 Å². The number of hydrogen-bond acceptors (Lipinski definition) is 3. The Bertz CT molecular complexity index is 968. The number of carbonyl (C=O) groups is 2. The molecule has 6 nitrogen and oxygen atoms in total. The van der Waals surface area contributed by atoms with Gasteiger partial charge in [0.05, 0.1) is 0 Å². The van der Waals surface area contributed by atoms with Crippen LogP contribution < -0.4 is 10.6 Å². The molecular formula is C29H44N4O2. The van der Waals surface area contributed by atoms with Crippen molar-refractivity contribution in [3.8, 4) is 0 Å². The van der Waals surface area contributed by atoms with E-state index in [4.69, 9.17) is 0 Å². The van der Waals surface area contributed by atoms with E-state index in [1.165, 1.54) is 6.42 Å². The van der Waals surface area contributed by atoms with Crippen molar-refractivity contribution in [3.05, 3.63) is 36.0 Å². The number of rotatable bonds is 9. The van der Waals surface area contributed by atoms with Crippen molar-refractivity contribution >= 4 is 22.7 Å². The van der Waals surface area contributed by atoms with Crippen LogP contribution >= 0.6 is 0 Å². The van der Waals surface area contributed by atoms with Crippen molar-refractivity contribution in [3.63, 3.8) is 0 Å². The molecule has 2 aliphatic rings. The number of aromatic nitrogens is 1. The molecule has 4 rings (SSSR count). The molecule has 1 aromatic carbocycles. The molecule has 1 aliphatic heterocycles. The number of likely N-dealkylation sites (tertiary alicyclic amines) is 1. The molecule has 0 radical (unpaired) electrons. The van der Waals surface area contributed by atoms with E-state index in [1.54, 1.807) is 0 Å². The van der Waals surface area contributed by atoms with Gasteiger partial charge in [-0.1, -0.05) is 39.0 Å². The standard InChI is InChI=1S/C29H44N4O2/c1-20-9-11-23(12-10-20)28(34)32-27(16-24-17-31-26-8-5-4-7-25(24)26)29(35)30-13-6-14-33-18-21(2)15-22(3)19-33/h4-5,7-8,17,20-23,27,31H,6,9-16,18-19H2,1-3H3,(H,30,35)(H,32,34)/t20?,21-,22-,23?,27-/m1/s1. The van der Waals surface area contributed by atoms with Crippen molar-refractivity contribution < 1.29 is 9.59 Å². The summed E-state index contributed by atoms with van der Waals surface area (Å²) in [4.78, 5) is 32.2. The van der Waals surface area contributed by atoms with E-state index in [0.717, 1.165) is 80.0 Å². The van der Waals surface area contributed by atoms with E-state index in [-0.39, 0.29) is 17.7 Å². The fraction of sp³-hybridized carbons (Fsp3) is 0.655. The Morgan fingerprint density at radius 3 is 2.49 bits per heavy atom. The minimum atomic E-state index is -0.559. The SMILES string of the molecule is CC1CCC(C(=O)N[C@H](Cc2c[nH]c3ccccc23)C(=O)NCCCN2C[C@H](C)C[C@@H](C)C2)CC1. The minimum Gasteiger partial charge on any atom is -0.361 e. The zero-order chi connectivity index (χ0) is 24.8. The summed E-state index contributed by atoms with van der Waals surface area (Å²) >= 11 is 0. The quantitative estimate of drug-likeness (QED) is 0.462. The number of benzene rings is 1. The van der Waals surface area contributed by atoms with Crippen LogP contribution in [0.1, 0.15) is 64.9 Å². The lowest BCUT2D eigenvalue weighted by atomic mass is 9.82. The van der Waals surface area contributed by atoms with Crippen molar-refractivity contribution in [2.24, 2.45) is 23.7 Å². The van der Waals surface area contributed by atoms with Gasteiger partial charge in [0.15, 0.2) is 0 Å². The third-order valence-corrected chi connectivity index (χ3v) is 8.01. The maximum atomic E-state index is 13.3. The lowest BCUT2D eigenvalue weighted by molar-refractivity contribution is -0.131. The van der Waals surface area contributed by atoms with Gasteiger partial charge in [-0.2, -0.15) is 0 Å². The van der Waals surface area contributed by atoms with Gasteiger partial charge >= 0.3 is 0 Å². The summed E-state index contributed by atoms with van der Waals surface area (Å²) in [6.45, 7) is 10.9. The van der Waals surface area contributed by atoms with Gasteiger partial charge in [0.1, 0.15) is 6.04 Å². The highest BCUT2D eigenvalue weighted by Gasteiger charge is 2.29. The summed E-state index contributed by atoms with van der Waals surface area (Å²) in [6, 6.07) is 7.57. The van der Waals surface area contributed by atoms with Crippen molar-refractivity contribution in [2.45, 2.75) is 71.8 Å². The Balaban J connectivity index is 1.35. The van der Waals surface area contributed by atoms with Crippen LogP contribution in [0.3, 0.4) is 0 Å². The molecule has 0 spiro atoms. The number of nitrogens with one attached hydrogen (secondary N) is 3. The number of aromatic amines is 1. The molecule has 0 unspecified atom stereocenters. The number of piperidine rings is 1. The second kappa shape index (κ2) is 12.1. The monoisotopic (exact) mass is 480 g/mol. The zero-order valence-corrected chi connectivity index (χ0v) is 21.8. The van der Waals surface area contributed by atoms with Crippen molar-refractivity contribution in [1.82, 2.24) is 20.5 Å². The van der Waals surface area contributed by atoms with Gasteiger partial charge in [0.25, 0.3) is 0 Å². The highest BCUT2D eigenvalue weighted by atomic mass is 16.2. The summed E-state index contributed by atoms with van der Waals surface area (Å²) in [5.74, 6) is 2.16. The molecule has 35 heavy (non-hydrogen) atoms. The van der Waals surface area contributed by atoms with Crippen LogP contribution in [0.5, 0.6) is 0 Å². The van der Waals surface area contributed by atoms with E-state index in [1.807, 2.05) is 24.4 Å². The first-order valence-electron chi connectivity index (χ1n) is 13.7. The molecule has 2 heterocycles. The lowest BCUT2D eigenvalue weighted by Gasteiger charge is -2.35. The average molecular weight is 481 g/mol. The molecule has 1 aliphatic carbocycles. The van der Waals surface area contributed by atoms with Crippen LogP contribution in [0.15, 0.2) is 30.5 Å². The maximum absolute atomic E-state index is 13.3. The first-order valence-corrected chi connectivity index (χ1v) is 13.7. The molecule has 2 fully saturated rings. The largest absolute Gasteiger partial charge is 0.361 e. The maximum Gasteiger partial charge on any atom is 0.242 e.